The third-order valence-corrected chi connectivity index (χ3v) is 11.6. The number of fused-ring (bicyclic) bond motifs is 7. The van der Waals surface area contributed by atoms with Crippen LogP contribution in [0.5, 0.6) is 0 Å². The van der Waals surface area contributed by atoms with E-state index in [1.54, 1.807) is 0 Å². The molecule has 11 atom stereocenters. The van der Waals surface area contributed by atoms with Crippen LogP contribution in [0.15, 0.2) is 12.2 Å². The van der Waals surface area contributed by atoms with E-state index in [0.717, 1.165) is 36.7 Å². The highest BCUT2D eigenvalue weighted by molar-refractivity contribution is 5.82. The standard InChI is InChI=1S/C28H45NO3/c1-16(2)17(3)8-13-28(31)24-23(32-25(28)30)15-22-20-7-6-18-14-19(29)9-11-26(18,4)21(20)10-12-27(22,24)5/h17-24,31H,1,6-15,29H2,2-5H3/t17?,18?,19?,20-,21+,22+,23+,24+,26+,27+,28+/m1/s1. The van der Waals surface area contributed by atoms with Crippen LogP contribution in [0.4, 0.5) is 0 Å². The van der Waals surface area contributed by atoms with E-state index in [-0.39, 0.29) is 23.4 Å². The Morgan fingerprint density at radius 1 is 1.16 bits per heavy atom. The van der Waals surface area contributed by atoms with Crippen LogP contribution >= 0.6 is 0 Å². The average Bonchev–Trinajstić information content (AvgIpc) is 3.17. The summed E-state index contributed by atoms with van der Waals surface area (Å²) in [5, 5.41) is 11.8. The molecule has 4 aliphatic carbocycles. The number of hydrogen-bond donors (Lipinski definition) is 2. The second kappa shape index (κ2) is 7.57. The molecule has 5 rings (SSSR count). The summed E-state index contributed by atoms with van der Waals surface area (Å²) in [4.78, 5) is 13.0. The summed E-state index contributed by atoms with van der Waals surface area (Å²) < 4.78 is 5.95. The van der Waals surface area contributed by atoms with Crippen LogP contribution < -0.4 is 5.73 Å². The van der Waals surface area contributed by atoms with E-state index in [1.165, 1.54) is 38.5 Å². The highest BCUT2D eigenvalue weighted by atomic mass is 16.6. The topological polar surface area (TPSA) is 72.5 Å². The summed E-state index contributed by atoms with van der Waals surface area (Å²) in [6.45, 7) is 13.2. The highest BCUT2D eigenvalue weighted by Gasteiger charge is 2.71. The number of ether oxygens (including phenoxy) is 1. The molecule has 0 amide bonds. The summed E-state index contributed by atoms with van der Waals surface area (Å²) in [6, 6.07) is 0.389. The molecule has 32 heavy (non-hydrogen) atoms. The molecule has 3 N–H and O–H groups in total. The second-order valence-corrected chi connectivity index (χ2v) is 13.1. The van der Waals surface area contributed by atoms with Gasteiger partial charge in [-0.3, -0.25) is 0 Å². The van der Waals surface area contributed by atoms with Gasteiger partial charge in [0.05, 0.1) is 0 Å². The third-order valence-electron chi connectivity index (χ3n) is 11.6. The fourth-order valence-corrected chi connectivity index (χ4v) is 9.56. The van der Waals surface area contributed by atoms with Gasteiger partial charge >= 0.3 is 5.97 Å². The largest absolute Gasteiger partial charge is 0.460 e. The van der Waals surface area contributed by atoms with Gasteiger partial charge in [0.25, 0.3) is 0 Å². The van der Waals surface area contributed by atoms with Crippen LogP contribution in [-0.2, 0) is 9.53 Å². The van der Waals surface area contributed by atoms with Gasteiger partial charge in [0.1, 0.15) is 6.10 Å². The maximum atomic E-state index is 13.0. The van der Waals surface area contributed by atoms with Crippen molar-refractivity contribution in [1.82, 2.24) is 0 Å². The maximum absolute atomic E-state index is 13.0. The summed E-state index contributed by atoms with van der Waals surface area (Å²) in [6.07, 6.45) is 10.7. The second-order valence-electron chi connectivity index (χ2n) is 13.1. The van der Waals surface area contributed by atoms with Crippen molar-refractivity contribution >= 4 is 5.97 Å². The van der Waals surface area contributed by atoms with Crippen LogP contribution in [0.25, 0.3) is 0 Å². The zero-order valence-electron chi connectivity index (χ0n) is 20.7. The molecule has 1 aliphatic heterocycles. The lowest BCUT2D eigenvalue weighted by Gasteiger charge is -2.61. The van der Waals surface area contributed by atoms with Gasteiger partial charge in [-0.25, -0.2) is 4.79 Å². The quantitative estimate of drug-likeness (QED) is 0.461. The number of nitrogens with two attached hydrogens (primary N) is 1. The van der Waals surface area contributed by atoms with Crippen molar-refractivity contribution in [2.45, 2.75) is 110 Å². The minimum atomic E-state index is -1.33. The van der Waals surface area contributed by atoms with E-state index in [4.69, 9.17) is 10.5 Å². The molecule has 0 spiro atoms. The Hall–Kier alpha value is -0.870. The molecule has 180 valence electrons. The lowest BCUT2D eigenvalue weighted by Crippen LogP contribution is -2.57. The molecule has 0 aromatic rings. The minimum absolute atomic E-state index is 0.00648. The van der Waals surface area contributed by atoms with Crippen LogP contribution in [-0.4, -0.2) is 28.8 Å². The van der Waals surface area contributed by atoms with Gasteiger partial charge < -0.3 is 15.6 Å². The molecule has 4 nitrogen and oxygen atoms in total. The molecular formula is C28H45NO3. The van der Waals surface area contributed by atoms with Crippen molar-refractivity contribution in [3.8, 4) is 0 Å². The van der Waals surface area contributed by atoms with E-state index >= 15 is 0 Å². The predicted molar refractivity (Wildman–Crippen MR) is 127 cm³/mol. The van der Waals surface area contributed by atoms with Gasteiger partial charge in [-0.05, 0) is 112 Å². The molecule has 0 radical (unpaired) electrons. The number of rotatable bonds is 4. The molecule has 5 fully saturated rings. The Morgan fingerprint density at radius 3 is 2.59 bits per heavy atom. The fourth-order valence-electron chi connectivity index (χ4n) is 9.56. The lowest BCUT2D eigenvalue weighted by atomic mass is 9.44. The number of carbonyl (C=O) groups is 1. The van der Waals surface area contributed by atoms with Crippen molar-refractivity contribution in [2.24, 2.45) is 52.1 Å². The molecule has 4 heteroatoms. The number of hydrogen-bond acceptors (Lipinski definition) is 4. The number of carbonyl (C=O) groups excluding carboxylic acids is 1. The summed E-state index contributed by atoms with van der Waals surface area (Å²) >= 11 is 0. The fraction of sp³-hybridized carbons (Fsp3) is 0.893. The van der Waals surface area contributed by atoms with Crippen molar-refractivity contribution in [1.29, 1.82) is 0 Å². The van der Waals surface area contributed by atoms with Crippen molar-refractivity contribution in [2.75, 3.05) is 0 Å². The van der Waals surface area contributed by atoms with Crippen molar-refractivity contribution < 1.29 is 14.6 Å². The average molecular weight is 444 g/mol. The molecule has 5 aliphatic rings. The first-order valence-corrected chi connectivity index (χ1v) is 13.3. The van der Waals surface area contributed by atoms with Gasteiger partial charge in [-0.1, -0.05) is 32.9 Å². The Bertz CT molecular complexity index is 796. The first kappa shape index (κ1) is 22.9. The zero-order valence-corrected chi connectivity index (χ0v) is 20.7. The van der Waals surface area contributed by atoms with Gasteiger partial charge in [0.2, 0.25) is 0 Å². The Balaban J connectivity index is 1.40. The highest BCUT2D eigenvalue weighted by Crippen LogP contribution is 2.70. The van der Waals surface area contributed by atoms with Gasteiger partial charge in [0, 0.05) is 12.0 Å². The SMILES string of the molecule is C=C(C)C(C)CC[C@@]1(O)C(=O)O[C@H]2C[C@H]3[C@@H]4CCC5CC(N)CC[C@]5(C)[C@H]4CC[C@]3(C)[C@H]21. The Labute approximate surface area is 194 Å². The van der Waals surface area contributed by atoms with Gasteiger partial charge in [-0.2, -0.15) is 0 Å². The molecule has 3 unspecified atom stereocenters. The normalized spacial score (nSPS) is 52.9. The van der Waals surface area contributed by atoms with Crippen LogP contribution in [0, 0.1) is 46.3 Å². The molecular weight excluding hydrogens is 398 g/mol. The Morgan fingerprint density at radius 2 is 1.88 bits per heavy atom. The summed E-state index contributed by atoms with van der Waals surface area (Å²) in [7, 11) is 0. The van der Waals surface area contributed by atoms with Crippen molar-refractivity contribution in [3.63, 3.8) is 0 Å². The molecule has 0 aromatic carbocycles. The third kappa shape index (κ3) is 3.11. The number of aliphatic hydroxyl groups is 1. The van der Waals surface area contributed by atoms with Crippen LogP contribution in [0.3, 0.4) is 0 Å². The van der Waals surface area contributed by atoms with E-state index in [9.17, 15) is 9.90 Å². The Kier molecular flexibility index (Phi) is 5.41. The lowest BCUT2D eigenvalue weighted by molar-refractivity contribution is -0.166. The number of esters is 1. The van der Waals surface area contributed by atoms with Crippen LogP contribution in [0.2, 0.25) is 0 Å². The zero-order chi connectivity index (χ0) is 23.1. The molecule has 1 heterocycles. The smallest absolute Gasteiger partial charge is 0.338 e. The van der Waals surface area contributed by atoms with E-state index in [2.05, 4.69) is 27.4 Å². The van der Waals surface area contributed by atoms with E-state index in [0.29, 0.717) is 35.6 Å². The van der Waals surface area contributed by atoms with E-state index in [1.807, 2.05) is 6.92 Å². The first-order chi connectivity index (χ1) is 15.0. The van der Waals surface area contributed by atoms with E-state index < -0.39 is 5.60 Å². The monoisotopic (exact) mass is 443 g/mol. The number of allylic oxidation sites excluding steroid dienone is 1. The molecule has 0 bridgehead atoms. The van der Waals surface area contributed by atoms with Gasteiger partial charge in [-0.15, -0.1) is 0 Å². The molecule has 4 saturated carbocycles. The summed E-state index contributed by atoms with van der Waals surface area (Å²) in [5.74, 6) is 2.68. The maximum Gasteiger partial charge on any atom is 0.338 e. The van der Waals surface area contributed by atoms with Gasteiger partial charge in [0.15, 0.2) is 5.60 Å². The molecule has 1 saturated heterocycles. The van der Waals surface area contributed by atoms with Crippen LogP contribution in [0.1, 0.15) is 91.9 Å². The molecule has 0 aromatic heterocycles. The summed E-state index contributed by atoms with van der Waals surface area (Å²) in [5.41, 5.74) is 6.56. The minimum Gasteiger partial charge on any atom is -0.460 e. The first-order valence-electron chi connectivity index (χ1n) is 13.3. The van der Waals surface area contributed by atoms with Crippen molar-refractivity contribution in [3.05, 3.63) is 12.2 Å². The predicted octanol–water partition coefficient (Wildman–Crippen LogP) is 5.23.